The molecule has 0 saturated heterocycles. The van der Waals surface area contributed by atoms with Gasteiger partial charge in [-0.15, -0.1) is 0 Å². The summed E-state index contributed by atoms with van der Waals surface area (Å²) < 4.78 is 0. The number of anilines is 3. The first-order valence-electron chi connectivity index (χ1n) is 17.7. The van der Waals surface area contributed by atoms with Gasteiger partial charge in [-0.25, -0.2) is 0 Å². The van der Waals surface area contributed by atoms with E-state index in [1.165, 1.54) is 110 Å². The Morgan fingerprint density at radius 1 is 0.500 bits per heavy atom. The van der Waals surface area contributed by atoms with E-state index in [2.05, 4.69) is 164 Å². The minimum Gasteiger partial charge on any atom is -0.309 e. The molecule has 9 rings (SSSR count). The minimum absolute atomic E-state index is 0.0823. The van der Waals surface area contributed by atoms with Crippen molar-refractivity contribution in [2.75, 3.05) is 4.90 Å². The Balaban J connectivity index is 1.33. The van der Waals surface area contributed by atoms with Crippen LogP contribution in [-0.2, 0) is 5.41 Å². The largest absolute Gasteiger partial charge is 0.309 e. The van der Waals surface area contributed by atoms with E-state index in [0.717, 1.165) is 0 Å². The lowest BCUT2D eigenvalue weighted by atomic mass is 9.80. The highest BCUT2D eigenvalue weighted by Gasteiger charge is 2.38. The second kappa shape index (κ2) is 11.5. The first kappa shape index (κ1) is 29.0. The van der Waals surface area contributed by atoms with Gasteiger partial charge in [0.2, 0.25) is 0 Å². The number of hydrogen-bond acceptors (Lipinski definition) is 1. The molecule has 0 N–H and O–H groups in total. The van der Waals surface area contributed by atoms with Crippen molar-refractivity contribution < 1.29 is 0 Å². The number of nitrogens with zero attached hydrogens (tertiary/aromatic N) is 1. The average molecular weight is 620 g/mol. The number of rotatable bonds is 5. The molecular formula is C47H41N. The molecule has 2 aliphatic rings. The molecule has 1 nitrogen and oxygen atoms in total. The molecule has 7 aromatic carbocycles. The average Bonchev–Trinajstić information content (AvgIpc) is 3.38. The summed E-state index contributed by atoms with van der Waals surface area (Å²) in [4.78, 5) is 2.54. The van der Waals surface area contributed by atoms with Gasteiger partial charge in [0.05, 0.1) is 11.4 Å². The summed E-state index contributed by atoms with van der Waals surface area (Å²) in [7, 11) is 0. The van der Waals surface area contributed by atoms with Crippen LogP contribution in [-0.4, -0.2) is 0 Å². The third-order valence-electron chi connectivity index (χ3n) is 11.2. The Morgan fingerprint density at radius 2 is 1.12 bits per heavy atom. The second-order valence-corrected chi connectivity index (χ2v) is 14.3. The molecule has 0 radical (unpaired) electrons. The van der Waals surface area contributed by atoms with Crippen LogP contribution in [0.15, 0.2) is 146 Å². The van der Waals surface area contributed by atoms with E-state index >= 15 is 0 Å². The third-order valence-corrected chi connectivity index (χ3v) is 11.2. The summed E-state index contributed by atoms with van der Waals surface area (Å²) in [5.74, 6) is 0.614. The summed E-state index contributed by atoms with van der Waals surface area (Å²) in [6.07, 6.45) is 6.57. The lowest BCUT2D eigenvalue weighted by molar-refractivity contribution is 0.445. The Kier molecular flexibility index (Phi) is 6.97. The van der Waals surface area contributed by atoms with E-state index in [4.69, 9.17) is 0 Å². The maximum Gasteiger partial charge on any atom is 0.0543 e. The SMILES string of the molecule is CC1(C)c2ccccc2-c2c(N(c3ccc4ccccc4c3)c3ccccc3-c3cccc4cccc(C5CCCCC5)c34)cccc21. The molecule has 0 aromatic heterocycles. The predicted octanol–water partition coefficient (Wildman–Crippen LogP) is 13.5. The van der Waals surface area contributed by atoms with Gasteiger partial charge in [-0.05, 0) is 92.4 Å². The van der Waals surface area contributed by atoms with Crippen molar-refractivity contribution in [1.82, 2.24) is 0 Å². The molecule has 1 heteroatoms. The molecule has 2 aliphatic carbocycles. The Labute approximate surface area is 284 Å². The van der Waals surface area contributed by atoms with E-state index < -0.39 is 0 Å². The molecule has 7 aromatic rings. The molecule has 48 heavy (non-hydrogen) atoms. The van der Waals surface area contributed by atoms with Crippen LogP contribution in [0.1, 0.15) is 68.6 Å². The van der Waals surface area contributed by atoms with Crippen LogP contribution in [0.2, 0.25) is 0 Å². The Hall–Kier alpha value is -5.14. The standard InChI is InChI=1S/C47H41N/c1-47(2)41-25-10-8-22-40(41)46-42(47)26-14-28-44(46)48(36-30-29-32-15-6-7-18-35(32)31-36)43-27-11-9-21-38(43)39-24-13-20-34-19-12-23-37(45(34)39)33-16-4-3-5-17-33/h6-15,18-31,33H,3-5,16-17H2,1-2H3. The van der Waals surface area contributed by atoms with Gasteiger partial charge in [-0.1, -0.05) is 154 Å². The fourth-order valence-electron chi connectivity index (χ4n) is 8.89. The molecule has 0 heterocycles. The van der Waals surface area contributed by atoms with Gasteiger partial charge in [0, 0.05) is 22.2 Å². The van der Waals surface area contributed by atoms with E-state index in [1.54, 1.807) is 0 Å². The molecule has 0 spiro atoms. The van der Waals surface area contributed by atoms with Crippen LogP contribution in [0, 0.1) is 0 Å². The van der Waals surface area contributed by atoms with Crippen LogP contribution in [0.3, 0.4) is 0 Å². The molecule has 234 valence electrons. The van der Waals surface area contributed by atoms with Gasteiger partial charge < -0.3 is 4.90 Å². The van der Waals surface area contributed by atoms with E-state index in [0.29, 0.717) is 5.92 Å². The monoisotopic (exact) mass is 619 g/mol. The maximum atomic E-state index is 2.54. The van der Waals surface area contributed by atoms with Crippen molar-refractivity contribution >= 4 is 38.6 Å². The van der Waals surface area contributed by atoms with Crippen LogP contribution in [0.4, 0.5) is 17.1 Å². The highest BCUT2D eigenvalue weighted by Crippen LogP contribution is 2.55. The lowest BCUT2D eigenvalue weighted by Gasteiger charge is -2.31. The highest BCUT2D eigenvalue weighted by atomic mass is 15.1. The summed E-state index contributed by atoms with van der Waals surface area (Å²) in [5, 5.41) is 5.25. The molecule has 0 amide bonds. The van der Waals surface area contributed by atoms with E-state index in [1.807, 2.05) is 0 Å². The van der Waals surface area contributed by atoms with Gasteiger partial charge in [0.25, 0.3) is 0 Å². The molecule has 0 unspecified atom stereocenters. The number of para-hydroxylation sites is 1. The van der Waals surface area contributed by atoms with Crippen molar-refractivity contribution in [3.05, 3.63) is 162 Å². The fourth-order valence-corrected chi connectivity index (χ4v) is 8.89. The van der Waals surface area contributed by atoms with Crippen molar-refractivity contribution in [1.29, 1.82) is 0 Å². The summed E-state index contributed by atoms with van der Waals surface area (Å²) in [5.41, 5.74) is 13.1. The summed E-state index contributed by atoms with van der Waals surface area (Å²) in [6, 6.07) is 54.6. The zero-order chi connectivity index (χ0) is 32.2. The smallest absolute Gasteiger partial charge is 0.0543 e. The first-order chi connectivity index (χ1) is 23.6. The summed E-state index contributed by atoms with van der Waals surface area (Å²) >= 11 is 0. The van der Waals surface area contributed by atoms with Gasteiger partial charge in [-0.2, -0.15) is 0 Å². The summed E-state index contributed by atoms with van der Waals surface area (Å²) in [6.45, 7) is 4.75. The molecule has 0 aliphatic heterocycles. The van der Waals surface area contributed by atoms with Crippen molar-refractivity contribution in [3.8, 4) is 22.3 Å². The molecule has 0 bridgehead atoms. The van der Waals surface area contributed by atoms with E-state index in [9.17, 15) is 0 Å². The van der Waals surface area contributed by atoms with Crippen LogP contribution >= 0.6 is 0 Å². The molecular weight excluding hydrogens is 579 g/mol. The van der Waals surface area contributed by atoms with Crippen molar-refractivity contribution in [2.45, 2.75) is 57.3 Å². The van der Waals surface area contributed by atoms with Gasteiger partial charge in [0.1, 0.15) is 0 Å². The highest BCUT2D eigenvalue weighted by molar-refractivity contribution is 6.05. The third kappa shape index (κ3) is 4.60. The Bertz CT molecular complexity index is 2310. The zero-order valence-corrected chi connectivity index (χ0v) is 27.9. The molecule has 1 fully saturated rings. The predicted molar refractivity (Wildman–Crippen MR) is 205 cm³/mol. The quantitative estimate of drug-likeness (QED) is 0.185. The van der Waals surface area contributed by atoms with Crippen LogP contribution in [0.5, 0.6) is 0 Å². The van der Waals surface area contributed by atoms with Gasteiger partial charge in [0.15, 0.2) is 0 Å². The number of hydrogen-bond donors (Lipinski definition) is 0. The van der Waals surface area contributed by atoms with Crippen molar-refractivity contribution in [2.24, 2.45) is 0 Å². The lowest BCUT2D eigenvalue weighted by Crippen LogP contribution is -2.16. The fraction of sp³-hybridized carbons (Fsp3) is 0.191. The molecule has 1 saturated carbocycles. The van der Waals surface area contributed by atoms with Crippen LogP contribution < -0.4 is 4.90 Å². The molecule has 0 atom stereocenters. The minimum atomic E-state index is -0.0823. The van der Waals surface area contributed by atoms with Crippen LogP contribution in [0.25, 0.3) is 43.8 Å². The first-order valence-corrected chi connectivity index (χ1v) is 17.7. The second-order valence-electron chi connectivity index (χ2n) is 14.3. The zero-order valence-electron chi connectivity index (χ0n) is 27.9. The normalized spacial score (nSPS) is 15.4. The van der Waals surface area contributed by atoms with Gasteiger partial charge >= 0.3 is 0 Å². The number of benzene rings is 7. The van der Waals surface area contributed by atoms with Gasteiger partial charge in [-0.3, -0.25) is 0 Å². The Morgan fingerprint density at radius 3 is 1.98 bits per heavy atom. The number of fused-ring (bicyclic) bond motifs is 5. The van der Waals surface area contributed by atoms with Crippen molar-refractivity contribution in [3.63, 3.8) is 0 Å². The maximum absolute atomic E-state index is 2.54. The van der Waals surface area contributed by atoms with E-state index in [-0.39, 0.29) is 5.41 Å². The topological polar surface area (TPSA) is 3.24 Å².